The molecule has 0 aliphatic heterocycles. The van der Waals surface area contributed by atoms with Crippen molar-refractivity contribution in [1.29, 1.82) is 0 Å². The van der Waals surface area contributed by atoms with Gasteiger partial charge in [-0.05, 0) is 23.6 Å². The van der Waals surface area contributed by atoms with Crippen LogP contribution >= 0.6 is 0 Å². The van der Waals surface area contributed by atoms with Crippen LogP contribution in [0.5, 0.6) is 0 Å². The lowest BCUT2D eigenvalue weighted by molar-refractivity contribution is 0.0948. The molecule has 116 valence electrons. The molecule has 0 spiro atoms. The highest BCUT2D eigenvalue weighted by Crippen LogP contribution is 2.14. The van der Waals surface area contributed by atoms with Crippen LogP contribution in [0.25, 0.3) is 11.0 Å². The molecule has 0 bridgehead atoms. The maximum absolute atomic E-state index is 12.3. The summed E-state index contributed by atoms with van der Waals surface area (Å²) >= 11 is 0. The number of hydrogen-bond acceptors (Lipinski definition) is 3. The zero-order chi connectivity index (χ0) is 16.2. The monoisotopic (exact) mass is 307 g/mol. The van der Waals surface area contributed by atoms with Crippen molar-refractivity contribution in [2.75, 3.05) is 6.54 Å². The van der Waals surface area contributed by atoms with Gasteiger partial charge in [-0.25, -0.2) is 4.79 Å². The zero-order valence-electron chi connectivity index (χ0n) is 12.8. The third-order valence-electron chi connectivity index (χ3n) is 3.82. The maximum Gasteiger partial charge on any atom is 0.349 e. The first kappa shape index (κ1) is 15.0. The zero-order valence-corrected chi connectivity index (χ0v) is 12.8. The van der Waals surface area contributed by atoms with Crippen molar-refractivity contribution in [2.24, 2.45) is 0 Å². The van der Waals surface area contributed by atoms with Gasteiger partial charge in [0.2, 0.25) is 0 Å². The Balaban J connectivity index is 1.76. The minimum Gasteiger partial charge on any atom is -0.422 e. The Morgan fingerprint density at radius 1 is 1.09 bits per heavy atom. The van der Waals surface area contributed by atoms with Gasteiger partial charge in [-0.2, -0.15) is 0 Å². The van der Waals surface area contributed by atoms with Gasteiger partial charge in [0.1, 0.15) is 11.1 Å². The molecule has 4 nitrogen and oxygen atoms in total. The number of amides is 1. The molecule has 1 aromatic heterocycles. The van der Waals surface area contributed by atoms with Crippen LogP contribution < -0.4 is 10.9 Å². The van der Waals surface area contributed by atoms with Gasteiger partial charge >= 0.3 is 5.63 Å². The van der Waals surface area contributed by atoms with Crippen molar-refractivity contribution < 1.29 is 9.21 Å². The lowest BCUT2D eigenvalue weighted by Gasteiger charge is -2.12. The van der Waals surface area contributed by atoms with Gasteiger partial charge in [0.15, 0.2) is 0 Å². The van der Waals surface area contributed by atoms with E-state index in [-0.39, 0.29) is 11.5 Å². The van der Waals surface area contributed by atoms with Crippen molar-refractivity contribution in [1.82, 2.24) is 5.32 Å². The average molecular weight is 307 g/mol. The average Bonchev–Trinajstić information content (AvgIpc) is 2.59. The van der Waals surface area contributed by atoms with Crippen LogP contribution in [0, 0.1) is 0 Å². The Bertz CT molecular complexity index is 884. The first-order valence-corrected chi connectivity index (χ1v) is 7.51. The number of hydrogen-bond donors (Lipinski definition) is 1. The molecule has 0 saturated carbocycles. The molecule has 0 radical (unpaired) electrons. The lowest BCUT2D eigenvalue weighted by atomic mass is 10.0. The number of benzene rings is 2. The molecule has 3 rings (SSSR count). The van der Waals surface area contributed by atoms with Crippen molar-refractivity contribution in [2.45, 2.75) is 12.8 Å². The molecule has 1 amide bonds. The fraction of sp³-hybridized carbons (Fsp3) is 0.158. The minimum atomic E-state index is -0.617. The Morgan fingerprint density at radius 3 is 2.57 bits per heavy atom. The van der Waals surface area contributed by atoms with E-state index in [0.29, 0.717) is 12.1 Å². The highest BCUT2D eigenvalue weighted by Gasteiger charge is 2.14. The first-order chi connectivity index (χ1) is 11.1. The lowest BCUT2D eigenvalue weighted by Crippen LogP contribution is -2.31. The summed E-state index contributed by atoms with van der Waals surface area (Å²) in [4.78, 5) is 24.2. The van der Waals surface area contributed by atoms with Gasteiger partial charge in [-0.3, -0.25) is 4.79 Å². The molecule has 0 saturated heterocycles. The maximum atomic E-state index is 12.3. The minimum absolute atomic E-state index is 0.0314. The van der Waals surface area contributed by atoms with E-state index in [1.54, 1.807) is 18.2 Å². The van der Waals surface area contributed by atoms with Crippen LogP contribution in [0.3, 0.4) is 0 Å². The molecular formula is C19H17NO3. The van der Waals surface area contributed by atoms with Crippen LogP contribution in [0.1, 0.15) is 28.8 Å². The van der Waals surface area contributed by atoms with Crippen molar-refractivity contribution >= 4 is 16.9 Å². The Kier molecular flexibility index (Phi) is 4.24. The SMILES string of the molecule is C[C@@H](CNC(=O)c1cc2ccccc2oc1=O)c1ccccc1. The van der Waals surface area contributed by atoms with E-state index in [9.17, 15) is 9.59 Å². The number of fused-ring (bicyclic) bond motifs is 1. The van der Waals surface area contributed by atoms with Crippen molar-refractivity contribution in [3.05, 3.63) is 82.2 Å². The number of carbonyl (C=O) groups excluding carboxylic acids is 1. The summed E-state index contributed by atoms with van der Waals surface area (Å²) in [6.45, 7) is 2.48. The molecule has 0 aliphatic carbocycles. The summed E-state index contributed by atoms with van der Waals surface area (Å²) in [5, 5.41) is 3.53. The molecule has 2 aromatic carbocycles. The molecule has 0 unspecified atom stereocenters. The second kappa shape index (κ2) is 6.48. The van der Waals surface area contributed by atoms with E-state index in [0.717, 1.165) is 10.9 Å². The topological polar surface area (TPSA) is 59.3 Å². The standard InChI is InChI=1S/C19H17NO3/c1-13(14-7-3-2-4-8-14)12-20-18(21)16-11-15-9-5-6-10-17(15)23-19(16)22/h2-11,13H,12H2,1H3,(H,20,21)/t13-/m0/s1. The van der Waals surface area contributed by atoms with Gasteiger partial charge in [0.25, 0.3) is 5.91 Å². The summed E-state index contributed by atoms with van der Waals surface area (Å²) in [6.07, 6.45) is 0. The molecule has 4 heteroatoms. The third-order valence-corrected chi connectivity index (χ3v) is 3.82. The fourth-order valence-electron chi connectivity index (χ4n) is 2.46. The molecule has 23 heavy (non-hydrogen) atoms. The molecule has 3 aromatic rings. The quantitative estimate of drug-likeness (QED) is 0.752. The normalized spacial score (nSPS) is 12.0. The van der Waals surface area contributed by atoms with Gasteiger partial charge in [0, 0.05) is 11.9 Å². The second-order valence-electron chi connectivity index (χ2n) is 5.51. The summed E-state index contributed by atoms with van der Waals surface area (Å²) in [6, 6.07) is 18.6. The van der Waals surface area contributed by atoms with E-state index >= 15 is 0 Å². The molecule has 1 heterocycles. The van der Waals surface area contributed by atoms with Gasteiger partial charge in [-0.15, -0.1) is 0 Å². The summed E-state index contributed by atoms with van der Waals surface area (Å²) in [5.41, 5.74) is 1.03. The predicted molar refractivity (Wildman–Crippen MR) is 89.7 cm³/mol. The number of carbonyl (C=O) groups is 1. The fourth-order valence-corrected chi connectivity index (χ4v) is 2.46. The van der Waals surface area contributed by atoms with E-state index in [1.165, 1.54) is 0 Å². The van der Waals surface area contributed by atoms with E-state index in [1.807, 2.05) is 49.4 Å². The van der Waals surface area contributed by atoms with E-state index in [4.69, 9.17) is 4.42 Å². The van der Waals surface area contributed by atoms with Crippen LogP contribution in [0.4, 0.5) is 0 Å². The Labute approximate surface area is 133 Å². The van der Waals surface area contributed by atoms with Crippen LogP contribution in [0.2, 0.25) is 0 Å². The Morgan fingerprint density at radius 2 is 1.78 bits per heavy atom. The Hall–Kier alpha value is -2.88. The molecule has 0 aliphatic rings. The first-order valence-electron chi connectivity index (χ1n) is 7.51. The molecule has 0 fully saturated rings. The highest BCUT2D eigenvalue weighted by molar-refractivity contribution is 5.96. The van der Waals surface area contributed by atoms with E-state index in [2.05, 4.69) is 5.32 Å². The van der Waals surface area contributed by atoms with Crippen molar-refractivity contribution in [3.63, 3.8) is 0 Å². The number of para-hydroxylation sites is 1. The molecule has 1 atom stereocenters. The van der Waals surface area contributed by atoms with Crippen LogP contribution in [-0.2, 0) is 0 Å². The number of rotatable bonds is 4. The van der Waals surface area contributed by atoms with Crippen LogP contribution in [-0.4, -0.2) is 12.5 Å². The predicted octanol–water partition coefficient (Wildman–Crippen LogP) is 3.33. The van der Waals surface area contributed by atoms with E-state index < -0.39 is 11.5 Å². The summed E-state index contributed by atoms with van der Waals surface area (Å²) in [7, 11) is 0. The molecule has 1 N–H and O–H groups in total. The highest BCUT2D eigenvalue weighted by atomic mass is 16.4. The van der Waals surface area contributed by atoms with Crippen LogP contribution in [0.15, 0.2) is 69.9 Å². The smallest absolute Gasteiger partial charge is 0.349 e. The van der Waals surface area contributed by atoms with Crippen molar-refractivity contribution in [3.8, 4) is 0 Å². The van der Waals surface area contributed by atoms with Gasteiger partial charge in [0.05, 0.1) is 0 Å². The second-order valence-corrected chi connectivity index (χ2v) is 5.51. The summed E-state index contributed by atoms with van der Waals surface area (Å²) < 4.78 is 5.19. The third kappa shape index (κ3) is 3.31. The van der Waals surface area contributed by atoms with Gasteiger partial charge < -0.3 is 9.73 Å². The molecular weight excluding hydrogens is 290 g/mol. The largest absolute Gasteiger partial charge is 0.422 e. The van der Waals surface area contributed by atoms with Gasteiger partial charge in [-0.1, -0.05) is 55.5 Å². The summed E-state index contributed by atoms with van der Waals surface area (Å²) in [5.74, 6) is -0.250. The number of nitrogens with one attached hydrogen (secondary N) is 1.